The minimum atomic E-state index is -0.786. The minimum absolute atomic E-state index is 0.0156. The number of hydrogen-bond acceptors (Lipinski definition) is 4. The number of rotatable bonds is 3. The van der Waals surface area contributed by atoms with Crippen molar-refractivity contribution in [2.75, 3.05) is 18.5 Å². The molecule has 20 heavy (non-hydrogen) atoms. The Morgan fingerprint density at radius 1 is 1.35 bits per heavy atom. The molecule has 1 heterocycles. The molecule has 1 saturated heterocycles. The standard InChI is InChI=1S/C14H15N3O3/c15-8-10-4-1-2-6-12(10)17-14(19)13(18)16-9-11-5-3-7-20-11/h1-2,4,6,11H,3,5,7,9H2,(H,16,18)(H,17,19)/t11-/m1/s1. The van der Waals surface area contributed by atoms with Gasteiger partial charge in [0.05, 0.1) is 17.4 Å². The van der Waals surface area contributed by atoms with Crippen LogP contribution >= 0.6 is 0 Å². The van der Waals surface area contributed by atoms with E-state index < -0.39 is 11.8 Å². The lowest BCUT2D eigenvalue weighted by Crippen LogP contribution is -2.39. The predicted octanol–water partition coefficient (Wildman–Crippen LogP) is 0.792. The molecule has 1 aromatic rings. The average molecular weight is 273 g/mol. The third-order valence-corrected chi connectivity index (χ3v) is 3.02. The molecule has 0 radical (unpaired) electrons. The number of nitrogens with zero attached hydrogens (tertiary/aromatic N) is 1. The van der Waals surface area contributed by atoms with Gasteiger partial charge < -0.3 is 15.4 Å². The molecule has 104 valence electrons. The molecule has 1 aromatic carbocycles. The van der Waals surface area contributed by atoms with Crippen LogP contribution in [0.1, 0.15) is 18.4 Å². The summed E-state index contributed by atoms with van der Waals surface area (Å²) in [6, 6.07) is 8.46. The van der Waals surface area contributed by atoms with Gasteiger partial charge in [0.15, 0.2) is 0 Å². The van der Waals surface area contributed by atoms with E-state index in [1.165, 1.54) is 0 Å². The van der Waals surface area contributed by atoms with Gasteiger partial charge in [-0.15, -0.1) is 0 Å². The lowest BCUT2D eigenvalue weighted by Gasteiger charge is -2.11. The molecule has 1 atom stereocenters. The van der Waals surface area contributed by atoms with Gasteiger partial charge in [-0.1, -0.05) is 12.1 Å². The van der Waals surface area contributed by atoms with Crippen LogP contribution in [0.2, 0.25) is 0 Å². The third kappa shape index (κ3) is 3.56. The van der Waals surface area contributed by atoms with Crippen molar-refractivity contribution in [2.24, 2.45) is 0 Å². The van der Waals surface area contributed by atoms with Crippen molar-refractivity contribution in [2.45, 2.75) is 18.9 Å². The van der Waals surface area contributed by atoms with E-state index in [1.54, 1.807) is 24.3 Å². The molecule has 0 saturated carbocycles. The van der Waals surface area contributed by atoms with E-state index in [2.05, 4.69) is 10.6 Å². The molecule has 0 unspecified atom stereocenters. The van der Waals surface area contributed by atoms with E-state index in [4.69, 9.17) is 10.00 Å². The highest BCUT2D eigenvalue weighted by atomic mass is 16.5. The second-order valence-corrected chi connectivity index (χ2v) is 4.46. The van der Waals surface area contributed by atoms with Crippen LogP contribution in [0.3, 0.4) is 0 Å². The molecule has 0 aliphatic carbocycles. The average Bonchev–Trinajstić information content (AvgIpc) is 2.98. The first-order valence-electron chi connectivity index (χ1n) is 6.40. The number of ether oxygens (including phenoxy) is 1. The minimum Gasteiger partial charge on any atom is -0.376 e. The SMILES string of the molecule is N#Cc1ccccc1NC(=O)C(=O)NC[C@H]1CCCO1. The number of carbonyl (C=O) groups is 2. The molecule has 1 aliphatic rings. The van der Waals surface area contributed by atoms with Crippen molar-refractivity contribution < 1.29 is 14.3 Å². The van der Waals surface area contributed by atoms with Gasteiger partial charge >= 0.3 is 11.8 Å². The van der Waals surface area contributed by atoms with E-state index in [-0.39, 0.29) is 6.10 Å². The van der Waals surface area contributed by atoms with Crippen LogP contribution in [0.5, 0.6) is 0 Å². The number of amides is 2. The first-order valence-corrected chi connectivity index (χ1v) is 6.40. The Balaban J connectivity index is 1.87. The Morgan fingerprint density at radius 2 is 2.15 bits per heavy atom. The van der Waals surface area contributed by atoms with Gasteiger partial charge in [0, 0.05) is 13.2 Å². The first kappa shape index (κ1) is 14.0. The number of anilines is 1. The fourth-order valence-corrected chi connectivity index (χ4v) is 1.96. The zero-order valence-electron chi connectivity index (χ0n) is 10.9. The Kier molecular flexibility index (Phi) is 4.69. The Bertz CT molecular complexity index is 545. The number of carbonyl (C=O) groups excluding carboxylic acids is 2. The Labute approximate surface area is 116 Å². The molecule has 0 aromatic heterocycles. The summed E-state index contributed by atoms with van der Waals surface area (Å²) < 4.78 is 5.35. The van der Waals surface area contributed by atoms with Gasteiger partial charge in [-0.25, -0.2) is 0 Å². The zero-order chi connectivity index (χ0) is 14.4. The van der Waals surface area contributed by atoms with Crippen molar-refractivity contribution in [3.8, 4) is 6.07 Å². The summed E-state index contributed by atoms with van der Waals surface area (Å²) in [7, 11) is 0. The molecular weight excluding hydrogens is 258 g/mol. The zero-order valence-corrected chi connectivity index (χ0v) is 10.9. The highest BCUT2D eigenvalue weighted by Gasteiger charge is 2.19. The van der Waals surface area contributed by atoms with Crippen LogP contribution < -0.4 is 10.6 Å². The summed E-state index contributed by atoms with van der Waals surface area (Å²) in [6.45, 7) is 1.02. The van der Waals surface area contributed by atoms with Crippen LogP contribution in [0, 0.1) is 11.3 Å². The van der Waals surface area contributed by atoms with E-state index in [0.717, 1.165) is 12.8 Å². The maximum atomic E-state index is 11.7. The van der Waals surface area contributed by atoms with Gasteiger partial charge in [-0.2, -0.15) is 5.26 Å². The van der Waals surface area contributed by atoms with Gasteiger partial charge in [0.1, 0.15) is 6.07 Å². The lowest BCUT2D eigenvalue weighted by molar-refractivity contribution is -0.136. The molecule has 0 bridgehead atoms. The van der Waals surface area contributed by atoms with Crippen molar-refractivity contribution in [3.63, 3.8) is 0 Å². The van der Waals surface area contributed by atoms with E-state index in [1.807, 2.05) is 6.07 Å². The molecule has 2 amide bonds. The highest BCUT2D eigenvalue weighted by molar-refractivity contribution is 6.39. The fourth-order valence-electron chi connectivity index (χ4n) is 1.96. The normalized spacial score (nSPS) is 17.2. The molecular formula is C14H15N3O3. The maximum absolute atomic E-state index is 11.7. The van der Waals surface area contributed by atoms with Crippen LogP contribution in [-0.4, -0.2) is 31.1 Å². The van der Waals surface area contributed by atoms with Crippen LogP contribution in [0.15, 0.2) is 24.3 Å². The third-order valence-electron chi connectivity index (χ3n) is 3.02. The number of hydrogen-bond donors (Lipinski definition) is 2. The van der Waals surface area contributed by atoms with E-state index >= 15 is 0 Å². The number of benzene rings is 1. The molecule has 2 rings (SSSR count). The summed E-state index contributed by atoms with van der Waals surface area (Å²) >= 11 is 0. The molecule has 2 N–H and O–H groups in total. The predicted molar refractivity (Wildman–Crippen MR) is 71.8 cm³/mol. The number of nitriles is 1. The monoisotopic (exact) mass is 273 g/mol. The molecule has 0 spiro atoms. The summed E-state index contributed by atoms with van der Waals surface area (Å²) in [5.74, 6) is -1.51. The molecule has 6 nitrogen and oxygen atoms in total. The van der Waals surface area contributed by atoms with Crippen molar-refractivity contribution in [3.05, 3.63) is 29.8 Å². The number of para-hydroxylation sites is 1. The van der Waals surface area contributed by atoms with Crippen LogP contribution in [0.25, 0.3) is 0 Å². The maximum Gasteiger partial charge on any atom is 0.313 e. The van der Waals surface area contributed by atoms with Crippen LogP contribution in [0.4, 0.5) is 5.69 Å². The Hall–Kier alpha value is -2.39. The van der Waals surface area contributed by atoms with Gasteiger partial charge in [-0.05, 0) is 25.0 Å². The fraction of sp³-hybridized carbons (Fsp3) is 0.357. The van der Waals surface area contributed by atoms with Crippen molar-refractivity contribution >= 4 is 17.5 Å². The molecule has 6 heteroatoms. The van der Waals surface area contributed by atoms with Gasteiger partial charge in [0.2, 0.25) is 0 Å². The van der Waals surface area contributed by atoms with E-state index in [0.29, 0.717) is 24.4 Å². The van der Waals surface area contributed by atoms with Gasteiger partial charge in [-0.3, -0.25) is 9.59 Å². The van der Waals surface area contributed by atoms with Crippen molar-refractivity contribution in [1.82, 2.24) is 5.32 Å². The summed E-state index contributed by atoms with van der Waals surface area (Å²) in [4.78, 5) is 23.4. The van der Waals surface area contributed by atoms with Crippen LogP contribution in [-0.2, 0) is 14.3 Å². The summed E-state index contributed by atoms with van der Waals surface area (Å²) in [6.07, 6.45) is 1.85. The topological polar surface area (TPSA) is 91.2 Å². The summed E-state index contributed by atoms with van der Waals surface area (Å²) in [5, 5.41) is 13.8. The number of nitrogens with one attached hydrogen (secondary N) is 2. The Morgan fingerprint density at radius 3 is 2.85 bits per heavy atom. The summed E-state index contributed by atoms with van der Waals surface area (Å²) in [5.41, 5.74) is 0.639. The largest absolute Gasteiger partial charge is 0.376 e. The highest BCUT2D eigenvalue weighted by Crippen LogP contribution is 2.13. The van der Waals surface area contributed by atoms with Gasteiger partial charge in [0.25, 0.3) is 0 Å². The molecule has 1 fully saturated rings. The quantitative estimate of drug-likeness (QED) is 0.797. The van der Waals surface area contributed by atoms with E-state index in [9.17, 15) is 9.59 Å². The van der Waals surface area contributed by atoms with Crippen molar-refractivity contribution in [1.29, 1.82) is 5.26 Å². The lowest BCUT2D eigenvalue weighted by atomic mass is 10.2. The smallest absolute Gasteiger partial charge is 0.313 e. The second kappa shape index (κ2) is 6.68. The molecule has 1 aliphatic heterocycles. The first-order chi connectivity index (χ1) is 9.70. The second-order valence-electron chi connectivity index (χ2n) is 4.46.